The zero-order valence-corrected chi connectivity index (χ0v) is 14.5. The number of Topliss-reactive ketones (excluding diaryl/α,β-unsaturated/α-hetero) is 1. The van der Waals surface area contributed by atoms with Crippen molar-refractivity contribution in [3.63, 3.8) is 0 Å². The molecule has 0 N–H and O–H groups in total. The van der Waals surface area contributed by atoms with Crippen LogP contribution in [0.4, 0.5) is 0 Å². The highest BCUT2D eigenvalue weighted by Gasteiger charge is 2.30. The largest absolute Gasteiger partial charge is 0.494 e. The van der Waals surface area contributed by atoms with E-state index in [1.165, 1.54) is 19.5 Å². The van der Waals surface area contributed by atoms with Gasteiger partial charge in [-0.3, -0.25) is 4.79 Å². The number of benzene rings is 1. The number of carbonyl (C=O) groups excluding carboxylic acids is 1. The Morgan fingerprint density at radius 3 is 2.39 bits per heavy atom. The lowest BCUT2D eigenvalue weighted by molar-refractivity contribution is 0.0967. The number of hydrogen-bond donors (Lipinski definition) is 0. The molecule has 3 rings (SSSR count). The van der Waals surface area contributed by atoms with Gasteiger partial charge >= 0.3 is 0 Å². The van der Waals surface area contributed by atoms with Crippen molar-refractivity contribution in [1.29, 1.82) is 0 Å². The van der Waals surface area contributed by atoms with E-state index in [2.05, 4.69) is 18.7 Å². The van der Waals surface area contributed by atoms with E-state index in [0.29, 0.717) is 5.78 Å². The average Bonchev–Trinajstić information content (AvgIpc) is 3.35. The molecule has 1 aromatic rings. The quantitative estimate of drug-likeness (QED) is 0.562. The Labute approximate surface area is 140 Å². The standard InChI is InChI=1S/C20H29NO2/c1-15-12-16(2)14-21(13-15)10-3-11-23-19-8-6-18(7-9-19)20(22)17-4-5-17/h6-9,15-17H,3-5,10-14H2,1-2H3. The lowest BCUT2D eigenvalue weighted by Gasteiger charge is -2.34. The first-order valence-electron chi connectivity index (χ1n) is 9.11. The van der Waals surface area contributed by atoms with E-state index < -0.39 is 0 Å². The zero-order chi connectivity index (χ0) is 16.2. The molecule has 126 valence electrons. The molecule has 2 aliphatic rings. The van der Waals surface area contributed by atoms with Crippen LogP contribution in [0.3, 0.4) is 0 Å². The summed E-state index contributed by atoms with van der Waals surface area (Å²) in [6, 6.07) is 7.68. The average molecular weight is 315 g/mol. The van der Waals surface area contributed by atoms with Gasteiger partial charge in [-0.25, -0.2) is 0 Å². The molecule has 0 amide bonds. The SMILES string of the molecule is CC1CC(C)CN(CCCOc2ccc(C(=O)C3CC3)cc2)C1. The first-order chi connectivity index (χ1) is 11.1. The van der Waals surface area contributed by atoms with Crippen molar-refractivity contribution in [2.24, 2.45) is 17.8 Å². The third-order valence-electron chi connectivity index (χ3n) is 4.92. The molecule has 0 spiro atoms. The molecular formula is C20H29NO2. The van der Waals surface area contributed by atoms with E-state index in [1.54, 1.807) is 0 Å². The second-order valence-corrected chi connectivity index (χ2v) is 7.57. The first-order valence-corrected chi connectivity index (χ1v) is 9.11. The number of likely N-dealkylation sites (tertiary alicyclic amines) is 1. The molecule has 2 unspecified atom stereocenters. The summed E-state index contributed by atoms with van der Waals surface area (Å²) in [5, 5.41) is 0. The molecule has 2 fully saturated rings. The molecule has 1 aliphatic heterocycles. The van der Waals surface area contributed by atoms with Crippen LogP contribution < -0.4 is 4.74 Å². The second kappa shape index (κ2) is 7.48. The molecule has 1 aromatic carbocycles. The Balaban J connectivity index is 1.38. The summed E-state index contributed by atoms with van der Waals surface area (Å²) in [6.45, 7) is 9.01. The summed E-state index contributed by atoms with van der Waals surface area (Å²) in [4.78, 5) is 14.5. The summed E-state index contributed by atoms with van der Waals surface area (Å²) in [7, 11) is 0. The lowest BCUT2D eigenvalue weighted by atomic mass is 9.92. The Morgan fingerprint density at radius 1 is 1.13 bits per heavy atom. The highest BCUT2D eigenvalue weighted by atomic mass is 16.5. The monoisotopic (exact) mass is 315 g/mol. The molecule has 3 nitrogen and oxygen atoms in total. The minimum atomic E-state index is 0.288. The van der Waals surface area contributed by atoms with Crippen molar-refractivity contribution >= 4 is 5.78 Å². The number of hydrogen-bond acceptors (Lipinski definition) is 3. The fraction of sp³-hybridized carbons (Fsp3) is 0.650. The summed E-state index contributed by atoms with van der Waals surface area (Å²) in [5.74, 6) is 3.09. The van der Waals surface area contributed by atoms with Crippen molar-refractivity contribution in [2.75, 3.05) is 26.2 Å². The van der Waals surface area contributed by atoms with Gasteiger partial charge in [0.2, 0.25) is 0 Å². The first kappa shape index (κ1) is 16.5. The lowest BCUT2D eigenvalue weighted by Crippen LogP contribution is -2.39. The van der Waals surface area contributed by atoms with Gasteiger partial charge in [0.15, 0.2) is 5.78 Å². The fourth-order valence-electron chi connectivity index (χ4n) is 3.75. The summed E-state index contributed by atoms with van der Waals surface area (Å²) in [6.07, 6.45) is 4.54. The minimum absolute atomic E-state index is 0.288. The van der Waals surface area contributed by atoms with Crippen LogP contribution in [0.2, 0.25) is 0 Å². The maximum Gasteiger partial charge on any atom is 0.165 e. The number of piperidine rings is 1. The smallest absolute Gasteiger partial charge is 0.165 e. The Bertz CT molecular complexity index is 511. The summed E-state index contributed by atoms with van der Waals surface area (Å²) < 4.78 is 5.82. The minimum Gasteiger partial charge on any atom is -0.494 e. The van der Waals surface area contributed by atoms with Crippen LogP contribution in [0.15, 0.2) is 24.3 Å². The van der Waals surface area contributed by atoms with Gasteiger partial charge in [-0.15, -0.1) is 0 Å². The van der Waals surface area contributed by atoms with E-state index in [9.17, 15) is 4.79 Å². The molecule has 1 aliphatic carbocycles. The van der Waals surface area contributed by atoms with Gasteiger partial charge in [0.25, 0.3) is 0 Å². The molecule has 0 aromatic heterocycles. The number of nitrogens with zero attached hydrogens (tertiary/aromatic N) is 1. The predicted molar refractivity (Wildman–Crippen MR) is 93.0 cm³/mol. The molecule has 2 atom stereocenters. The summed E-state index contributed by atoms with van der Waals surface area (Å²) >= 11 is 0. The molecule has 0 bridgehead atoms. The Morgan fingerprint density at radius 2 is 1.78 bits per heavy atom. The zero-order valence-electron chi connectivity index (χ0n) is 14.5. The van der Waals surface area contributed by atoms with Gasteiger partial charge in [-0.2, -0.15) is 0 Å². The van der Waals surface area contributed by atoms with E-state index in [1.807, 2.05) is 24.3 Å². The van der Waals surface area contributed by atoms with Crippen LogP contribution >= 0.6 is 0 Å². The highest BCUT2D eigenvalue weighted by molar-refractivity contribution is 5.99. The Kier molecular flexibility index (Phi) is 5.37. The molecule has 0 radical (unpaired) electrons. The highest BCUT2D eigenvalue weighted by Crippen LogP contribution is 2.32. The number of rotatable bonds is 7. The van der Waals surface area contributed by atoms with Crippen LogP contribution in [-0.4, -0.2) is 36.9 Å². The van der Waals surface area contributed by atoms with Crippen LogP contribution in [0, 0.1) is 17.8 Å². The van der Waals surface area contributed by atoms with Crippen molar-refractivity contribution in [1.82, 2.24) is 4.90 Å². The van der Waals surface area contributed by atoms with Gasteiger partial charge in [-0.1, -0.05) is 13.8 Å². The molecule has 1 heterocycles. The van der Waals surface area contributed by atoms with Gasteiger partial charge in [-0.05, 0) is 61.8 Å². The van der Waals surface area contributed by atoms with Gasteiger partial charge in [0.1, 0.15) is 5.75 Å². The van der Waals surface area contributed by atoms with E-state index in [4.69, 9.17) is 4.74 Å². The van der Waals surface area contributed by atoms with Crippen LogP contribution in [-0.2, 0) is 0 Å². The third-order valence-corrected chi connectivity index (χ3v) is 4.92. The third kappa shape index (κ3) is 4.81. The van der Waals surface area contributed by atoms with E-state index in [-0.39, 0.29) is 5.92 Å². The predicted octanol–water partition coefficient (Wildman–Crippen LogP) is 4.03. The van der Waals surface area contributed by atoms with Crippen molar-refractivity contribution in [3.8, 4) is 5.75 Å². The van der Waals surface area contributed by atoms with E-state index in [0.717, 1.165) is 55.6 Å². The maximum atomic E-state index is 12.0. The van der Waals surface area contributed by atoms with Crippen molar-refractivity contribution in [3.05, 3.63) is 29.8 Å². The Hall–Kier alpha value is -1.35. The second-order valence-electron chi connectivity index (χ2n) is 7.57. The van der Waals surface area contributed by atoms with Crippen LogP contribution in [0.25, 0.3) is 0 Å². The molecule has 3 heteroatoms. The van der Waals surface area contributed by atoms with E-state index >= 15 is 0 Å². The fourth-order valence-corrected chi connectivity index (χ4v) is 3.75. The van der Waals surface area contributed by atoms with Crippen molar-refractivity contribution < 1.29 is 9.53 Å². The summed E-state index contributed by atoms with van der Waals surface area (Å²) in [5.41, 5.74) is 0.830. The molecular weight excluding hydrogens is 286 g/mol. The normalized spacial score (nSPS) is 25.3. The molecule has 1 saturated heterocycles. The van der Waals surface area contributed by atoms with Crippen LogP contribution in [0.1, 0.15) is 49.9 Å². The van der Waals surface area contributed by atoms with Crippen LogP contribution in [0.5, 0.6) is 5.75 Å². The molecule has 23 heavy (non-hydrogen) atoms. The van der Waals surface area contributed by atoms with Gasteiger partial charge in [0, 0.05) is 31.1 Å². The van der Waals surface area contributed by atoms with Gasteiger partial charge < -0.3 is 9.64 Å². The van der Waals surface area contributed by atoms with Crippen molar-refractivity contribution in [2.45, 2.75) is 39.5 Å². The topological polar surface area (TPSA) is 29.5 Å². The maximum absolute atomic E-state index is 12.0. The number of ether oxygens (including phenoxy) is 1. The molecule has 1 saturated carbocycles. The van der Waals surface area contributed by atoms with Gasteiger partial charge in [0.05, 0.1) is 6.61 Å². The number of ketones is 1. The number of carbonyl (C=O) groups is 1.